The second-order valence-electron chi connectivity index (χ2n) is 4.55. The Balaban J connectivity index is 2.03. The van der Waals surface area contributed by atoms with Crippen LogP contribution in [0.15, 0.2) is 54.6 Å². The van der Waals surface area contributed by atoms with Gasteiger partial charge in [0.25, 0.3) is 0 Å². The molecule has 0 spiro atoms. The molecule has 1 radical (unpaired) electrons. The third kappa shape index (κ3) is 2.32. The van der Waals surface area contributed by atoms with E-state index in [1.54, 1.807) is 14.2 Å². The lowest BCUT2D eigenvalue weighted by molar-refractivity contribution is 0.415. The molecule has 2 heteroatoms. The van der Waals surface area contributed by atoms with E-state index in [9.17, 15) is 0 Å². The molecule has 0 saturated heterocycles. The Bertz CT molecular complexity index is 730. The summed E-state index contributed by atoms with van der Waals surface area (Å²) in [7, 11) is 3.35. The largest absolute Gasteiger partial charge is 0.497 e. The Morgan fingerprint density at radius 3 is 2.15 bits per heavy atom. The number of ether oxygens (including phenoxy) is 2. The lowest BCUT2D eigenvalue weighted by atomic mass is 10.0. The normalized spacial score (nSPS) is 10.5. The summed E-state index contributed by atoms with van der Waals surface area (Å²) >= 11 is 0. The van der Waals surface area contributed by atoms with Gasteiger partial charge in [-0.2, -0.15) is 0 Å². The van der Waals surface area contributed by atoms with Crippen molar-refractivity contribution < 1.29 is 9.47 Å². The van der Waals surface area contributed by atoms with E-state index in [2.05, 4.69) is 18.2 Å². The summed E-state index contributed by atoms with van der Waals surface area (Å²) < 4.78 is 10.4. The average molecular weight is 263 g/mol. The topological polar surface area (TPSA) is 18.5 Å². The highest BCUT2D eigenvalue weighted by atomic mass is 16.5. The lowest BCUT2D eigenvalue weighted by Crippen LogP contribution is -1.85. The highest BCUT2D eigenvalue weighted by molar-refractivity contribution is 5.87. The van der Waals surface area contributed by atoms with Gasteiger partial charge in [-0.25, -0.2) is 0 Å². The fraction of sp³-hybridized carbons (Fsp3) is 0.111. The Morgan fingerprint density at radius 1 is 0.750 bits per heavy atom. The summed E-state index contributed by atoms with van der Waals surface area (Å²) in [6, 6.07) is 21.6. The van der Waals surface area contributed by atoms with Gasteiger partial charge in [0, 0.05) is 0 Å². The van der Waals surface area contributed by atoms with Gasteiger partial charge >= 0.3 is 0 Å². The second-order valence-corrected chi connectivity index (χ2v) is 4.55. The average Bonchev–Trinajstić information content (AvgIpc) is 2.54. The van der Waals surface area contributed by atoms with Gasteiger partial charge in [-0.15, -0.1) is 0 Å². The fourth-order valence-corrected chi connectivity index (χ4v) is 2.22. The molecule has 0 bridgehead atoms. The second kappa shape index (κ2) is 5.25. The molecule has 0 N–H and O–H groups in total. The van der Waals surface area contributed by atoms with Gasteiger partial charge in [-0.05, 0) is 52.2 Å². The molecule has 0 aromatic heterocycles. The molecule has 3 aromatic carbocycles. The molecule has 20 heavy (non-hydrogen) atoms. The summed E-state index contributed by atoms with van der Waals surface area (Å²) in [6.07, 6.45) is 0. The fourth-order valence-electron chi connectivity index (χ4n) is 2.22. The lowest BCUT2D eigenvalue weighted by Gasteiger charge is -2.06. The van der Waals surface area contributed by atoms with E-state index in [4.69, 9.17) is 9.47 Å². The first-order chi connectivity index (χ1) is 9.80. The van der Waals surface area contributed by atoms with Crippen molar-refractivity contribution >= 4 is 10.8 Å². The first-order valence-corrected chi connectivity index (χ1v) is 6.44. The molecule has 0 aliphatic carbocycles. The Hall–Kier alpha value is -2.48. The molecule has 0 saturated carbocycles. The number of hydrogen-bond acceptors (Lipinski definition) is 2. The zero-order chi connectivity index (χ0) is 13.9. The van der Waals surface area contributed by atoms with Crippen LogP contribution in [-0.2, 0) is 0 Å². The van der Waals surface area contributed by atoms with E-state index in [1.807, 2.05) is 42.5 Å². The molecule has 0 atom stereocenters. The van der Waals surface area contributed by atoms with Crippen LogP contribution in [0, 0.1) is 6.07 Å². The molecule has 0 unspecified atom stereocenters. The van der Waals surface area contributed by atoms with Gasteiger partial charge in [-0.1, -0.05) is 30.3 Å². The van der Waals surface area contributed by atoms with Gasteiger partial charge in [0.2, 0.25) is 0 Å². The molecule has 3 aromatic rings. The minimum Gasteiger partial charge on any atom is -0.497 e. The highest BCUT2D eigenvalue weighted by Crippen LogP contribution is 2.27. The van der Waals surface area contributed by atoms with Gasteiger partial charge in [0.1, 0.15) is 11.5 Å². The molecule has 0 fully saturated rings. The van der Waals surface area contributed by atoms with Crippen molar-refractivity contribution in [3.8, 4) is 22.6 Å². The first-order valence-electron chi connectivity index (χ1n) is 6.44. The predicted molar refractivity (Wildman–Crippen MR) is 81.3 cm³/mol. The van der Waals surface area contributed by atoms with Crippen LogP contribution in [-0.4, -0.2) is 14.2 Å². The van der Waals surface area contributed by atoms with Crippen molar-refractivity contribution in [3.05, 3.63) is 60.7 Å². The van der Waals surface area contributed by atoms with Crippen LogP contribution >= 0.6 is 0 Å². The molecule has 2 nitrogen and oxygen atoms in total. The van der Waals surface area contributed by atoms with Crippen molar-refractivity contribution in [3.63, 3.8) is 0 Å². The van der Waals surface area contributed by atoms with Crippen LogP contribution in [0.1, 0.15) is 0 Å². The summed E-state index contributed by atoms with van der Waals surface area (Å²) in [5, 5.41) is 2.21. The van der Waals surface area contributed by atoms with Crippen LogP contribution in [0.4, 0.5) is 0 Å². The molecule has 0 aliphatic heterocycles. The van der Waals surface area contributed by atoms with Gasteiger partial charge in [0.15, 0.2) is 0 Å². The maximum Gasteiger partial charge on any atom is 0.119 e. The SMILES string of the molecule is COc1ccc(-c2[c]c3ccc(OC)cc3cc2)cc1. The third-order valence-corrected chi connectivity index (χ3v) is 3.36. The third-order valence-electron chi connectivity index (χ3n) is 3.36. The van der Waals surface area contributed by atoms with Crippen molar-refractivity contribution in [2.24, 2.45) is 0 Å². The first kappa shape index (κ1) is 12.5. The molecule has 0 heterocycles. The number of methoxy groups -OCH3 is 2. The van der Waals surface area contributed by atoms with E-state index < -0.39 is 0 Å². The monoisotopic (exact) mass is 263 g/mol. The van der Waals surface area contributed by atoms with E-state index in [1.165, 1.54) is 0 Å². The zero-order valence-electron chi connectivity index (χ0n) is 11.5. The maximum atomic E-state index is 5.23. The molecule has 0 amide bonds. The van der Waals surface area contributed by atoms with E-state index in [0.29, 0.717) is 0 Å². The highest BCUT2D eigenvalue weighted by Gasteiger charge is 2.02. The van der Waals surface area contributed by atoms with Gasteiger partial charge in [0.05, 0.1) is 14.2 Å². The number of rotatable bonds is 3. The Morgan fingerprint density at radius 2 is 1.45 bits per heavy atom. The summed E-state index contributed by atoms with van der Waals surface area (Å²) in [5.74, 6) is 1.72. The number of fused-ring (bicyclic) bond motifs is 1. The van der Waals surface area contributed by atoms with E-state index >= 15 is 0 Å². The minimum atomic E-state index is 0.860. The van der Waals surface area contributed by atoms with Gasteiger partial charge in [-0.3, -0.25) is 0 Å². The number of benzene rings is 3. The Labute approximate surface area is 118 Å². The van der Waals surface area contributed by atoms with Crippen molar-refractivity contribution in [2.45, 2.75) is 0 Å². The summed E-state index contributed by atoms with van der Waals surface area (Å²) in [6.45, 7) is 0. The predicted octanol–water partition coefficient (Wildman–Crippen LogP) is 4.32. The summed E-state index contributed by atoms with van der Waals surface area (Å²) in [5.41, 5.74) is 2.20. The van der Waals surface area contributed by atoms with Crippen molar-refractivity contribution in [1.82, 2.24) is 0 Å². The molecule has 3 rings (SSSR count). The molecule has 0 aliphatic rings. The maximum absolute atomic E-state index is 5.23. The van der Waals surface area contributed by atoms with E-state index in [-0.39, 0.29) is 0 Å². The van der Waals surface area contributed by atoms with Crippen LogP contribution in [0.5, 0.6) is 11.5 Å². The zero-order valence-corrected chi connectivity index (χ0v) is 11.5. The molecule has 99 valence electrons. The molecular weight excluding hydrogens is 248 g/mol. The molecular formula is C18H15O2. The van der Waals surface area contributed by atoms with Crippen molar-refractivity contribution in [2.75, 3.05) is 14.2 Å². The van der Waals surface area contributed by atoms with Crippen LogP contribution < -0.4 is 9.47 Å². The minimum absolute atomic E-state index is 0.860. The van der Waals surface area contributed by atoms with Crippen LogP contribution in [0.2, 0.25) is 0 Å². The van der Waals surface area contributed by atoms with Crippen LogP contribution in [0.25, 0.3) is 21.9 Å². The standard InChI is InChI=1S/C18H15O2/c1-19-17-8-5-13(6-9-17)14-3-4-16-12-18(20-2)10-7-15(16)11-14/h3-10,12H,1-2H3. The van der Waals surface area contributed by atoms with Gasteiger partial charge < -0.3 is 9.47 Å². The number of hydrogen-bond donors (Lipinski definition) is 0. The van der Waals surface area contributed by atoms with Crippen LogP contribution in [0.3, 0.4) is 0 Å². The quantitative estimate of drug-likeness (QED) is 0.700. The van der Waals surface area contributed by atoms with Crippen molar-refractivity contribution in [1.29, 1.82) is 0 Å². The Kier molecular flexibility index (Phi) is 3.30. The van der Waals surface area contributed by atoms with E-state index in [0.717, 1.165) is 33.4 Å². The smallest absolute Gasteiger partial charge is 0.119 e. The summed E-state index contributed by atoms with van der Waals surface area (Å²) in [4.78, 5) is 0.